The van der Waals surface area contributed by atoms with Crippen molar-refractivity contribution in [3.63, 3.8) is 0 Å². The molecule has 116 valence electrons. The Hall–Kier alpha value is -1.31. The molecule has 0 aromatic heterocycles. The summed E-state index contributed by atoms with van der Waals surface area (Å²) in [5.74, 6) is 0. The summed E-state index contributed by atoms with van der Waals surface area (Å²) in [6.07, 6.45) is 3.13. The lowest BCUT2D eigenvalue weighted by Gasteiger charge is -2.29. The maximum atomic E-state index is 4.17. The third kappa shape index (κ3) is 2.49. The van der Waals surface area contributed by atoms with Gasteiger partial charge in [0.05, 0.1) is 6.34 Å². The van der Waals surface area contributed by atoms with Crippen LogP contribution in [0.25, 0.3) is 0 Å². The number of likely N-dealkylation sites (N-methyl/N-ethyl adjacent to an activating group) is 1. The van der Waals surface area contributed by atoms with Gasteiger partial charge in [0.1, 0.15) is 0 Å². The second-order valence-electron chi connectivity index (χ2n) is 8.05. The van der Waals surface area contributed by atoms with Crippen LogP contribution in [0.4, 0.5) is 0 Å². The molecule has 0 radical (unpaired) electrons. The quantitative estimate of drug-likeness (QED) is 0.597. The van der Waals surface area contributed by atoms with Gasteiger partial charge in [0.15, 0.2) is 0 Å². The van der Waals surface area contributed by atoms with Crippen LogP contribution in [-0.2, 0) is 10.8 Å². The number of aliphatic imine (C=N–C) groups is 1. The number of benzene rings is 1. The molecule has 2 nitrogen and oxygen atoms in total. The Morgan fingerprint density at radius 1 is 1.24 bits per heavy atom. The fraction of sp³-hybridized carbons (Fsp3) is 0.632. The molecule has 2 unspecified atom stereocenters. The predicted octanol–water partition coefficient (Wildman–Crippen LogP) is 4.30. The summed E-state index contributed by atoms with van der Waals surface area (Å²) >= 11 is 0. The Labute approximate surface area is 130 Å². The van der Waals surface area contributed by atoms with E-state index in [1.54, 1.807) is 0 Å². The Kier molecular flexibility index (Phi) is 3.72. The van der Waals surface area contributed by atoms with Crippen LogP contribution < -0.4 is 0 Å². The van der Waals surface area contributed by atoms with Gasteiger partial charge in [-0.25, -0.2) is 0 Å². The van der Waals surface area contributed by atoms with E-state index in [4.69, 9.17) is 0 Å². The van der Waals surface area contributed by atoms with Gasteiger partial charge in [0.2, 0.25) is 0 Å². The maximum absolute atomic E-state index is 4.17. The average molecular weight is 286 g/mol. The smallest absolute Gasteiger partial charge is 0.0848 e. The molecule has 0 amide bonds. The van der Waals surface area contributed by atoms with Gasteiger partial charge in [-0.05, 0) is 42.4 Å². The van der Waals surface area contributed by atoms with Crippen molar-refractivity contribution < 1.29 is 0 Å². The predicted molar refractivity (Wildman–Crippen MR) is 92.4 cm³/mol. The van der Waals surface area contributed by atoms with Gasteiger partial charge >= 0.3 is 0 Å². The van der Waals surface area contributed by atoms with Crippen molar-refractivity contribution in [2.45, 2.75) is 64.3 Å². The van der Waals surface area contributed by atoms with Crippen LogP contribution in [0.5, 0.6) is 0 Å². The van der Waals surface area contributed by atoms with E-state index in [0.29, 0.717) is 0 Å². The summed E-state index contributed by atoms with van der Waals surface area (Å²) in [7, 11) is 3.97. The normalized spacial score (nSPS) is 29.0. The number of nitrogens with zero attached hydrogens (tertiary/aromatic N) is 2. The summed E-state index contributed by atoms with van der Waals surface area (Å²) < 4.78 is 0. The van der Waals surface area contributed by atoms with E-state index in [0.717, 1.165) is 0 Å². The van der Waals surface area contributed by atoms with E-state index in [1.165, 1.54) is 23.1 Å². The molecule has 0 saturated heterocycles. The first kappa shape index (κ1) is 16.1. The molecule has 2 atom stereocenters. The van der Waals surface area contributed by atoms with Gasteiger partial charge < -0.3 is 4.90 Å². The highest BCUT2D eigenvalue weighted by Gasteiger charge is 2.64. The Balaban J connectivity index is 2.36. The minimum absolute atomic E-state index is 0.167. The molecule has 1 aliphatic carbocycles. The van der Waals surface area contributed by atoms with Crippen LogP contribution in [0.2, 0.25) is 0 Å². The minimum Gasteiger partial charge on any atom is -0.360 e. The lowest BCUT2D eigenvalue weighted by molar-refractivity contribution is 0.338. The molecule has 0 bridgehead atoms. The number of hydrogen-bond donors (Lipinski definition) is 0. The largest absolute Gasteiger partial charge is 0.360 e. The van der Waals surface area contributed by atoms with Crippen molar-refractivity contribution in [2.75, 3.05) is 14.1 Å². The molecule has 1 aliphatic rings. The molecule has 1 saturated carbocycles. The van der Waals surface area contributed by atoms with Gasteiger partial charge in [0, 0.05) is 25.0 Å². The van der Waals surface area contributed by atoms with Gasteiger partial charge in [-0.2, -0.15) is 0 Å². The molecule has 0 N–H and O–H groups in total. The van der Waals surface area contributed by atoms with Crippen molar-refractivity contribution in [2.24, 2.45) is 4.99 Å². The zero-order valence-electron chi connectivity index (χ0n) is 14.9. The maximum Gasteiger partial charge on any atom is 0.0848 e. The van der Waals surface area contributed by atoms with Crippen molar-refractivity contribution in [1.29, 1.82) is 0 Å². The topological polar surface area (TPSA) is 15.6 Å². The third-order valence-corrected chi connectivity index (χ3v) is 5.52. The third-order valence-electron chi connectivity index (χ3n) is 5.52. The highest BCUT2D eigenvalue weighted by atomic mass is 15.2. The van der Waals surface area contributed by atoms with Crippen LogP contribution in [0.3, 0.4) is 0 Å². The standard InChI is InChI=1S/C19H30N2/c1-14-11-15(17(2,3)4)9-10-16(14)18(5)12-19(18,6)21(8)13-20-7/h9-11,13H,12H2,1-8H3/b20-13-. The summed E-state index contributed by atoms with van der Waals surface area (Å²) in [5, 5.41) is 0. The van der Waals surface area contributed by atoms with Gasteiger partial charge in [0.25, 0.3) is 0 Å². The Morgan fingerprint density at radius 3 is 2.33 bits per heavy atom. The van der Waals surface area contributed by atoms with E-state index >= 15 is 0 Å². The molecule has 2 rings (SSSR count). The number of aryl methyl sites for hydroxylation is 1. The summed E-state index contributed by atoms with van der Waals surface area (Å²) in [5.41, 5.74) is 4.90. The highest BCUT2D eigenvalue weighted by molar-refractivity contribution is 5.60. The molecule has 21 heavy (non-hydrogen) atoms. The van der Waals surface area contributed by atoms with Crippen molar-refractivity contribution in [3.05, 3.63) is 34.9 Å². The highest BCUT2D eigenvalue weighted by Crippen LogP contribution is 2.60. The summed E-state index contributed by atoms with van der Waals surface area (Å²) in [4.78, 5) is 6.44. The van der Waals surface area contributed by atoms with E-state index in [2.05, 4.69) is 76.7 Å². The van der Waals surface area contributed by atoms with Gasteiger partial charge in [-0.15, -0.1) is 0 Å². The summed E-state index contributed by atoms with van der Waals surface area (Å²) in [6.45, 7) is 13.8. The van der Waals surface area contributed by atoms with Crippen molar-refractivity contribution >= 4 is 6.34 Å². The molecular weight excluding hydrogens is 256 g/mol. The van der Waals surface area contributed by atoms with E-state index in [-0.39, 0.29) is 16.4 Å². The van der Waals surface area contributed by atoms with Crippen LogP contribution >= 0.6 is 0 Å². The Morgan fingerprint density at radius 2 is 1.86 bits per heavy atom. The first-order chi connectivity index (χ1) is 9.56. The van der Waals surface area contributed by atoms with E-state index < -0.39 is 0 Å². The fourth-order valence-electron chi connectivity index (χ4n) is 3.59. The van der Waals surface area contributed by atoms with Crippen molar-refractivity contribution in [3.8, 4) is 0 Å². The number of hydrogen-bond acceptors (Lipinski definition) is 1. The molecule has 1 aromatic rings. The fourth-order valence-corrected chi connectivity index (χ4v) is 3.59. The second-order valence-corrected chi connectivity index (χ2v) is 8.05. The lowest BCUT2D eigenvalue weighted by atomic mass is 9.82. The van der Waals surface area contributed by atoms with Crippen LogP contribution in [-0.4, -0.2) is 30.9 Å². The number of rotatable bonds is 3. The van der Waals surface area contributed by atoms with E-state index in [9.17, 15) is 0 Å². The molecule has 0 heterocycles. The SMILES string of the molecule is C/N=C\N(C)C1(C)CC1(C)c1ccc(C(C)(C)C)cc1C. The monoisotopic (exact) mass is 286 g/mol. The zero-order chi connectivity index (χ0) is 16.1. The van der Waals surface area contributed by atoms with E-state index in [1.807, 2.05) is 13.4 Å². The molecule has 0 spiro atoms. The van der Waals surface area contributed by atoms with Crippen LogP contribution in [0.1, 0.15) is 57.7 Å². The second kappa shape index (κ2) is 4.86. The molecule has 2 heteroatoms. The zero-order valence-corrected chi connectivity index (χ0v) is 14.9. The molecular formula is C19H30N2. The van der Waals surface area contributed by atoms with Crippen LogP contribution in [0.15, 0.2) is 23.2 Å². The first-order valence-electron chi connectivity index (χ1n) is 7.83. The summed E-state index contributed by atoms with van der Waals surface area (Å²) in [6, 6.07) is 7.02. The average Bonchev–Trinajstić information content (AvgIpc) is 2.93. The van der Waals surface area contributed by atoms with Crippen molar-refractivity contribution in [1.82, 2.24) is 4.90 Å². The van der Waals surface area contributed by atoms with Crippen LogP contribution in [0, 0.1) is 6.92 Å². The first-order valence-corrected chi connectivity index (χ1v) is 7.83. The van der Waals surface area contributed by atoms with Gasteiger partial charge in [-0.1, -0.05) is 45.9 Å². The Bertz CT molecular complexity index is 567. The molecule has 1 aromatic carbocycles. The molecule has 0 aliphatic heterocycles. The lowest BCUT2D eigenvalue weighted by Crippen LogP contribution is -2.36. The minimum atomic E-state index is 0.167. The molecule has 1 fully saturated rings. The van der Waals surface area contributed by atoms with Gasteiger partial charge in [-0.3, -0.25) is 4.99 Å².